The maximum absolute atomic E-state index is 2.57. The van der Waals surface area contributed by atoms with Crippen LogP contribution in [-0.2, 0) is 0 Å². The van der Waals surface area contributed by atoms with Gasteiger partial charge >= 0.3 is 0 Å². The van der Waals surface area contributed by atoms with Gasteiger partial charge in [-0.25, -0.2) is 0 Å². The molecule has 1 heterocycles. The van der Waals surface area contributed by atoms with E-state index in [1.165, 1.54) is 45.0 Å². The molecular formula is C30H44N2. The van der Waals surface area contributed by atoms with Gasteiger partial charge in [0.25, 0.3) is 0 Å². The van der Waals surface area contributed by atoms with Crippen LogP contribution >= 0.6 is 0 Å². The summed E-state index contributed by atoms with van der Waals surface area (Å²) in [6.07, 6.45) is 0. The Morgan fingerprint density at radius 1 is 0.531 bits per heavy atom. The van der Waals surface area contributed by atoms with E-state index < -0.39 is 0 Å². The molecule has 2 aromatic rings. The van der Waals surface area contributed by atoms with E-state index in [0.717, 1.165) is 6.67 Å². The molecule has 0 saturated carbocycles. The van der Waals surface area contributed by atoms with Crippen molar-refractivity contribution < 1.29 is 0 Å². The van der Waals surface area contributed by atoms with Crippen molar-refractivity contribution in [2.75, 3.05) is 16.5 Å². The SMILES string of the molecule is CC1=C(C)N(c2c(C(C)C)cccc2C(C)C)CN1c1c(C(C)C)cccc1C(C)C.[CH2]. The summed E-state index contributed by atoms with van der Waals surface area (Å²) in [5, 5.41) is 0. The molecule has 1 aliphatic heterocycles. The molecule has 32 heavy (non-hydrogen) atoms. The Balaban J connectivity index is 0.00000363. The van der Waals surface area contributed by atoms with Crippen LogP contribution in [-0.4, -0.2) is 6.67 Å². The van der Waals surface area contributed by atoms with Crippen molar-refractivity contribution in [3.05, 3.63) is 77.5 Å². The molecule has 0 unspecified atom stereocenters. The third kappa shape index (κ3) is 4.60. The number of nitrogens with zero attached hydrogens (tertiary/aromatic N) is 2. The van der Waals surface area contributed by atoms with Gasteiger partial charge in [-0.15, -0.1) is 0 Å². The zero-order valence-electron chi connectivity index (χ0n) is 22.1. The fraction of sp³-hybridized carbons (Fsp3) is 0.500. The minimum absolute atomic E-state index is 0. The first-order valence-corrected chi connectivity index (χ1v) is 12.0. The van der Waals surface area contributed by atoms with Crippen LogP contribution in [0.25, 0.3) is 0 Å². The lowest BCUT2D eigenvalue weighted by molar-refractivity contribution is 0.796. The highest BCUT2D eigenvalue weighted by molar-refractivity contribution is 5.73. The number of hydrogen-bond donors (Lipinski definition) is 0. The van der Waals surface area contributed by atoms with Crippen LogP contribution in [0, 0.1) is 7.43 Å². The number of benzene rings is 2. The minimum Gasteiger partial charge on any atom is -0.325 e. The van der Waals surface area contributed by atoms with Crippen LogP contribution in [0.3, 0.4) is 0 Å². The molecule has 0 amide bonds. The van der Waals surface area contributed by atoms with Crippen LogP contribution in [0.15, 0.2) is 47.8 Å². The molecule has 0 aliphatic carbocycles. The van der Waals surface area contributed by atoms with Crippen LogP contribution in [0.1, 0.15) is 115 Å². The van der Waals surface area contributed by atoms with Crippen LogP contribution in [0.5, 0.6) is 0 Å². The van der Waals surface area contributed by atoms with E-state index in [9.17, 15) is 0 Å². The van der Waals surface area contributed by atoms with E-state index in [4.69, 9.17) is 0 Å². The molecule has 0 saturated heterocycles. The first kappa shape index (κ1) is 26.0. The van der Waals surface area contributed by atoms with Crippen LogP contribution in [0.4, 0.5) is 11.4 Å². The van der Waals surface area contributed by atoms with Gasteiger partial charge < -0.3 is 9.80 Å². The molecule has 0 fully saturated rings. The molecule has 2 heteroatoms. The summed E-state index contributed by atoms with van der Waals surface area (Å²) < 4.78 is 0. The minimum atomic E-state index is 0. The Labute approximate surface area is 198 Å². The fourth-order valence-corrected chi connectivity index (χ4v) is 4.87. The number of anilines is 2. The Bertz CT molecular complexity index is 833. The average molecular weight is 433 g/mol. The maximum atomic E-state index is 2.57. The lowest BCUT2D eigenvalue weighted by Crippen LogP contribution is -2.30. The molecule has 0 aromatic heterocycles. The highest BCUT2D eigenvalue weighted by Gasteiger charge is 2.32. The van der Waals surface area contributed by atoms with Crippen molar-refractivity contribution in [2.24, 2.45) is 0 Å². The van der Waals surface area contributed by atoms with E-state index >= 15 is 0 Å². The summed E-state index contributed by atoms with van der Waals surface area (Å²) >= 11 is 0. The predicted octanol–water partition coefficient (Wildman–Crippen LogP) is 9.04. The average Bonchev–Trinajstić information content (AvgIpc) is 3.00. The van der Waals surface area contributed by atoms with Crippen molar-refractivity contribution in [1.82, 2.24) is 0 Å². The summed E-state index contributed by atoms with van der Waals surface area (Å²) in [4.78, 5) is 5.14. The van der Waals surface area contributed by atoms with Crippen molar-refractivity contribution in [3.63, 3.8) is 0 Å². The summed E-state index contributed by atoms with van der Waals surface area (Å²) in [6.45, 7) is 24.0. The van der Waals surface area contributed by atoms with Crippen molar-refractivity contribution in [2.45, 2.75) is 92.9 Å². The number of rotatable bonds is 6. The topological polar surface area (TPSA) is 6.48 Å². The summed E-state index contributed by atoms with van der Waals surface area (Å²) in [5.41, 5.74) is 11.3. The van der Waals surface area contributed by atoms with Gasteiger partial charge in [-0.1, -0.05) is 99.2 Å². The Morgan fingerprint density at radius 2 is 0.781 bits per heavy atom. The molecule has 0 bridgehead atoms. The van der Waals surface area contributed by atoms with Gasteiger partial charge in [0.2, 0.25) is 0 Å². The molecule has 174 valence electrons. The van der Waals surface area contributed by atoms with Crippen molar-refractivity contribution in [3.8, 4) is 0 Å². The van der Waals surface area contributed by atoms with E-state index in [0.29, 0.717) is 23.7 Å². The highest BCUT2D eigenvalue weighted by Crippen LogP contribution is 2.44. The van der Waals surface area contributed by atoms with Crippen LogP contribution in [0.2, 0.25) is 0 Å². The molecule has 1 aliphatic rings. The molecule has 0 N–H and O–H groups in total. The second-order valence-corrected chi connectivity index (χ2v) is 10.4. The Kier molecular flexibility index (Phi) is 8.26. The van der Waals surface area contributed by atoms with Gasteiger partial charge in [0.15, 0.2) is 0 Å². The number of para-hydroxylation sites is 2. The van der Waals surface area contributed by atoms with Crippen LogP contribution < -0.4 is 9.80 Å². The van der Waals surface area contributed by atoms with Gasteiger partial charge in [-0.2, -0.15) is 0 Å². The molecule has 2 radical (unpaired) electrons. The molecule has 0 atom stereocenters. The Morgan fingerprint density at radius 3 is 1.00 bits per heavy atom. The predicted molar refractivity (Wildman–Crippen MR) is 143 cm³/mol. The summed E-state index contributed by atoms with van der Waals surface area (Å²) in [5.74, 6) is 1.96. The molecule has 2 nitrogen and oxygen atoms in total. The van der Waals surface area contributed by atoms with Gasteiger partial charge in [0.1, 0.15) is 0 Å². The largest absolute Gasteiger partial charge is 0.325 e. The van der Waals surface area contributed by atoms with E-state index in [1.54, 1.807) is 0 Å². The third-order valence-corrected chi connectivity index (χ3v) is 6.84. The monoisotopic (exact) mass is 432 g/mol. The van der Waals surface area contributed by atoms with E-state index in [-0.39, 0.29) is 7.43 Å². The second kappa shape index (κ2) is 10.1. The third-order valence-electron chi connectivity index (χ3n) is 6.84. The smallest absolute Gasteiger partial charge is 0.0995 e. The van der Waals surface area contributed by atoms with Crippen molar-refractivity contribution >= 4 is 11.4 Å². The normalized spacial score (nSPS) is 14.4. The number of allylic oxidation sites excluding steroid dienone is 2. The van der Waals surface area contributed by atoms with Gasteiger partial charge in [-0.3, -0.25) is 0 Å². The van der Waals surface area contributed by atoms with Gasteiger partial charge in [-0.05, 0) is 59.8 Å². The van der Waals surface area contributed by atoms with Crippen molar-refractivity contribution in [1.29, 1.82) is 0 Å². The van der Waals surface area contributed by atoms with E-state index in [1.807, 2.05) is 0 Å². The lowest BCUT2D eigenvalue weighted by atomic mass is 9.91. The molecular weight excluding hydrogens is 388 g/mol. The molecule has 3 rings (SSSR count). The first-order valence-electron chi connectivity index (χ1n) is 12.0. The van der Waals surface area contributed by atoms with Gasteiger partial charge in [0.05, 0.1) is 6.67 Å². The first-order chi connectivity index (χ1) is 14.6. The fourth-order valence-electron chi connectivity index (χ4n) is 4.87. The summed E-state index contributed by atoms with van der Waals surface area (Å²) in [6, 6.07) is 13.7. The summed E-state index contributed by atoms with van der Waals surface area (Å²) in [7, 11) is 0. The number of hydrogen-bond acceptors (Lipinski definition) is 2. The lowest BCUT2D eigenvalue weighted by Gasteiger charge is -2.32. The Hall–Kier alpha value is -2.22. The zero-order valence-corrected chi connectivity index (χ0v) is 22.1. The maximum Gasteiger partial charge on any atom is 0.0995 e. The quantitative estimate of drug-likeness (QED) is 0.449. The zero-order chi connectivity index (χ0) is 23.0. The highest BCUT2D eigenvalue weighted by atomic mass is 15.4. The molecule has 2 aromatic carbocycles. The molecule has 0 spiro atoms. The standard InChI is InChI=1S/C29H42N2.CH2/c1-18(2)24-13-11-14-25(19(3)4)28(24)30-17-31(23(10)22(30)9)29-26(20(5)6)15-12-16-27(29)21(7)8;/h11-16,18-21H,17H2,1-10H3;1H2. The second-order valence-electron chi connectivity index (χ2n) is 10.4. The van der Waals surface area contributed by atoms with Gasteiger partial charge in [0, 0.05) is 22.8 Å². The van der Waals surface area contributed by atoms with E-state index in [2.05, 4.69) is 115 Å².